The van der Waals surface area contributed by atoms with Gasteiger partial charge in [-0.3, -0.25) is 15.1 Å². The van der Waals surface area contributed by atoms with Crippen LogP contribution in [0.15, 0.2) is 24.3 Å². The van der Waals surface area contributed by atoms with Crippen LogP contribution in [0.25, 0.3) is 0 Å². The number of carbonyl (C=O) groups is 1. The third-order valence-electron chi connectivity index (χ3n) is 2.19. The summed E-state index contributed by atoms with van der Waals surface area (Å²) < 4.78 is 36.1. The maximum Gasteiger partial charge on any atom is 0.390 e. The van der Waals surface area contributed by atoms with Gasteiger partial charge in [0.15, 0.2) is 0 Å². The predicted molar refractivity (Wildman–Crippen MR) is 58.4 cm³/mol. The van der Waals surface area contributed by atoms with E-state index in [0.29, 0.717) is 4.90 Å². The molecule has 0 heterocycles. The van der Waals surface area contributed by atoms with E-state index in [1.165, 1.54) is 24.3 Å². The normalized spacial score (nSPS) is 11.1. The average Bonchev–Trinajstić information content (AvgIpc) is 2.29. The number of halogens is 3. The van der Waals surface area contributed by atoms with Crippen LogP contribution >= 0.6 is 0 Å². The van der Waals surface area contributed by atoms with Gasteiger partial charge < -0.3 is 5.11 Å². The number of rotatable bonds is 4. The molecule has 0 saturated heterocycles. The second kappa shape index (κ2) is 5.52. The Morgan fingerprint density at radius 2 is 1.89 bits per heavy atom. The zero-order valence-electron chi connectivity index (χ0n) is 9.24. The van der Waals surface area contributed by atoms with E-state index in [0.717, 1.165) is 0 Å². The molecule has 98 valence electrons. The molecule has 0 spiro atoms. The molecular formula is C11H11F3N2O2. The van der Waals surface area contributed by atoms with E-state index in [-0.39, 0.29) is 23.6 Å². The molecule has 0 saturated carbocycles. The number of nitrogens with zero attached hydrogens (tertiary/aromatic N) is 1. The standard InChI is InChI=1S/C11H11F3N2O2/c12-11(13,14)5-6-16(7-17)10(15)8-1-3-9(18)4-2-8/h1-4,7,15,18H,5-6H2. The molecule has 1 aromatic carbocycles. The first-order valence-corrected chi connectivity index (χ1v) is 5.00. The molecule has 0 aliphatic rings. The number of alkyl halides is 3. The molecule has 1 amide bonds. The number of phenols is 1. The van der Waals surface area contributed by atoms with Crippen LogP contribution in [-0.4, -0.2) is 35.0 Å². The number of nitrogens with one attached hydrogen (secondary N) is 1. The quantitative estimate of drug-likeness (QED) is 0.495. The van der Waals surface area contributed by atoms with Crippen molar-refractivity contribution in [3.05, 3.63) is 29.8 Å². The number of amidine groups is 1. The summed E-state index contributed by atoms with van der Waals surface area (Å²) in [4.78, 5) is 11.3. The first-order valence-electron chi connectivity index (χ1n) is 5.00. The van der Waals surface area contributed by atoms with Crippen LogP contribution in [0, 0.1) is 5.41 Å². The Bertz CT molecular complexity index is 429. The molecule has 0 unspecified atom stereocenters. The van der Waals surface area contributed by atoms with Crippen molar-refractivity contribution in [3.63, 3.8) is 0 Å². The molecule has 4 nitrogen and oxygen atoms in total. The van der Waals surface area contributed by atoms with Gasteiger partial charge in [0, 0.05) is 12.1 Å². The molecule has 18 heavy (non-hydrogen) atoms. The van der Waals surface area contributed by atoms with Crippen molar-refractivity contribution in [1.29, 1.82) is 5.41 Å². The number of phenolic OH excluding ortho intramolecular Hbond substituents is 1. The molecule has 1 rings (SSSR count). The number of amides is 1. The van der Waals surface area contributed by atoms with Crippen LogP contribution in [0.2, 0.25) is 0 Å². The second-order valence-electron chi connectivity index (χ2n) is 3.56. The summed E-state index contributed by atoms with van der Waals surface area (Å²) in [5.74, 6) is -0.367. The maximum atomic E-state index is 12.0. The zero-order valence-corrected chi connectivity index (χ0v) is 9.24. The SMILES string of the molecule is N=C(c1ccc(O)cc1)N(C=O)CCC(F)(F)F. The van der Waals surface area contributed by atoms with E-state index in [1.54, 1.807) is 0 Å². The molecule has 0 atom stereocenters. The van der Waals surface area contributed by atoms with Crippen LogP contribution in [0.3, 0.4) is 0 Å². The Kier molecular flexibility index (Phi) is 4.30. The highest BCUT2D eigenvalue weighted by molar-refractivity contribution is 6.01. The molecule has 0 fully saturated rings. The van der Waals surface area contributed by atoms with E-state index >= 15 is 0 Å². The minimum absolute atomic E-state index is 0.0282. The Labute approximate surface area is 101 Å². The molecule has 0 radical (unpaired) electrons. The Hall–Kier alpha value is -2.05. The van der Waals surface area contributed by atoms with Gasteiger partial charge in [0.2, 0.25) is 6.41 Å². The Morgan fingerprint density at radius 1 is 1.33 bits per heavy atom. The molecule has 0 aromatic heterocycles. The summed E-state index contributed by atoms with van der Waals surface area (Å²) in [6.07, 6.45) is -5.37. The van der Waals surface area contributed by atoms with Crippen LogP contribution in [0.1, 0.15) is 12.0 Å². The van der Waals surface area contributed by atoms with Crippen molar-refractivity contribution in [3.8, 4) is 5.75 Å². The zero-order chi connectivity index (χ0) is 13.8. The Balaban J connectivity index is 2.73. The number of hydrogen-bond donors (Lipinski definition) is 2. The molecule has 0 bridgehead atoms. The van der Waals surface area contributed by atoms with Crippen molar-refractivity contribution in [2.24, 2.45) is 0 Å². The van der Waals surface area contributed by atoms with Gasteiger partial charge in [-0.1, -0.05) is 0 Å². The summed E-state index contributed by atoms with van der Waals surface area (Å²) >= 11 is 0. The summed E-state index contributed by atoms with van der Waals surface area (Å²) in [5, 5.41) is 16.7. The number of aromatic hydroxyl groups is 1. The van der Waals surface area contributed by atoms with Gasteiger partial charge in [-0.25, -0.2) is 0 Å². The highest BCUT2D eigenvalue weighted by Gasteiger charge is 2.28. The van der Waals surface area contributed by atoms with Crippen molar-refractivity contribution in [2.75, 3.05) is 6.54 Å². The molecule has 0 aliphatic heterocycles. The van der Waals surface area contributed by atoms with E-state index in [2.05, 4.69) is 0 Å². The first kappa shape index (κ1) is 14.0. The Morgan fingerprint density at radius 3 is 2.33 bits per heavy atom. The van der Waals surface area contributed by atoms with E-state index < -0.39 is 19.1 Å². The number of benzene rings is 1. The summed E-state index contributed by atoms with van der Waals surface area (Å²) in [6.45, 7) is -0.604. The van der Waals surface area contributed by atoms with Gasteiger partial charge in [-0.05, 0) is 24.3 Å². The van der Waals surface area contributed by atoms with Crippen molar-refractivity contribution < 1.29 is 23.1 Å². The lowest BCUT2D eigenvalue weighted by Crippen LogP contribution is -2.33. The van der Waals surface area contributed by atoms with Gasteiger partial charge >= 0.3 is 6.18 Å². The fourth-order valence-corrected chi connectivity index (χ4v) is 1.25. The van der Waals surface area contributed by atoms with E-state index in [4.69, 9.17) is 10.5 Å². The number of carbonyl (C=O) groups excluding carboxylic acids is 1. The summed E-state index contributed by atoms with van der Waals surface area (Å²) in [5.41, 5.74) is 0.252. The largest absolute Gasteiger partial charge is 0.508 e. The topological polar surface area (TPSA) is 64.4 Å². The maximum absolute atomic E-state index is 12.0. The lowest BCUT2D eigenvalue weighted by atomic mass is 10.2. The predicted octanol–water partition coefficient (Wildman–Crippen LogP) is 2.13. The fourth-order valence-electron chi connectivity index (χ4n) is 1.25. The average molecular weight is 260 g/mol. The molecule has 7 heteroatoms. The van der Waals surface area contributed by atoms with Gasteiger partial charge in [-0.2, -0.15) is 13.2 Å². The second-order valence-corrected chi connectivity index (χ2v) is 3.56. The minimum Gasteiger partial charge on any atom is -0.508 e. The monoisotopic (exact) mass is 260 g/mol. The van der Waals surface area contributed by atoms with Crippen molar-refractivity contribution in [2.45, 2.75) is 12.6 Å². The van der Waals surface area contributed by atoms with E-state index in [1.807, 2.05) is 0 Å². The molecule has 0 aliphatic carbocycles. The van der Waals surface area contributed by atoms with Gasteiger partial charge in [0.25, 0.3) is 0 Å². The van der Waals surface area contributed by atoms with Gasteiger partial charge in [0.05, 0.1) is 6.42 Å². The van der Waals surface area contributed by atoms with Crippen LogP contribution < -0.4 is 0 Å². The fraction of sp³-hybridized carbons (Fsp3) is 0.273. The summed E-state index contributed by atoms with van der Waals surface area (Å²) in [7, 11) is 0. The minimum atomic E-state index is -4.38. The lowest BCUT2D eigenvalue weighted by molar-refractivity contribution is -0.138. The van der Waals surface area contributed by atoms with Crippen LogP contribution in [0.4, 0.5) is 13.2 Å². The third-order valence-corrected chi connectivity index (χ3v) is 2.19. The van der Waals surface area contributed by atoms with Gasteiger partial charge in [0.1, 0.15) is 11.6 Å². The first-order chi connectivity index (χ1) is 8.33. The van der Waals surface area contributed by atoms with E-state index in [9.17, 15) is 18.0 Å². The molecule has 1 aromatic rings. The highest BCUT2D eigenvalue weighted by Crippen LogP contribution is 2.20. The molecular weight excluding hydrogens is 249 g/mol. The number of hydrogen-bond acceptors (Lipinski definition) is 3. The smallest absolute Gasteiger partial charge is 0.390 e. The van der Waals surface area contributed by atoms with Crippen molar-refractivity contribution in [1.82, 2.24) is 4.90 Å². The van der Waals surface area contributed by atoms with Crippen LogP contribution in [-0.2, 0) is 4.79 Å². The van der Waals surface area contributed by atoms with Crippen molar-refractivity contribution >= 4 is 12.2 Å². The van der Waals surface area contributed by atoms with Gasteiger partial charge in [-0.15, -0.1) is 0 Å². The molecule has 2 N–H and O–H groups in total. The summed E-state index contributed by atoms with van der Waals surface area (Å²) in [6, 6.07) is 5.27. The lowest BCUT2D eigenvalue weighted by Gasteiger charge is -2.19. The highest BCUT2D eigenvalue weighted by atomic mass is 19.4. The third kappa shape index (κ3) is 4.08. The van der Waals surface area contributed by atoms with Crippen LogP contribution in [0.5, 0.6) is 5.75 Å².